The van der Waals surface area contributed by atoms with E-state index in [1.165, 1.54) is 12.1 Å². The molecule has 11 heteroatoms. The van der Waals surface area contributed by atoms with Crippen LogP contribution in [0.2, 0.25) is 0 Å². The van der Waals surface area contributed by atoms with E-state index in [0.29, 0.717) is 11.3 Å². The fourth-order valence-corrected chi connectivity index (χ4v) is 2.15. The zero-order chi connectivity index (χ0) is 18.4. The van der Waals surface area contributed by atoms with Crippen LogP contribution in [-0.2, 0) is 21.8 Å². The monoisotopic (exact) mass is 367 g/mol. The van der Waals surface area contributed by atoms with Gasteiger partial charge in [0.2, 0.25) is 0 Å². The van der Waals surface area contributed by atoms with E-state index in [-0.39, 0.29) is 18.0 Å². The second kappa shape index (κ2) is 8.08. The molecule has 2 rings (SSSR count). The molecule has 2 aromatic carbocycles. The number of para-hydroxylation sites is 1. The quantitative estimate of drug-likeness (QED) is 0.264. The summed E-state index contributed by atoms with van der Waals surface area (Å²) in [6.45, 7) is -0.252. The van der Waals surface area contributed by atoms with Crippen molar-refractivity contribution in [2.75, 3.05) is 10.6 Å². The van der Waals surface area contributed by atoms with Gasteiger partial charge in [0.05, 0.1) is 23.3 Å². The molecule has 0 aliphatic carbocycles. The molecule has 0 atom stereocenters. The molecule has 0 aliphatic rings. The third-order valence-corrected chi connectivity index (χ3v) is 3.37. The third-order valence-electron chi connectivity index (χ3n) is 3.03. The van der Waals surface area contributed by atoms with E-state index in [0.717, 1.165) is 12.1 Å². The van der Waals surface area contributed by atoms with Crippen LogP contribution in [0.3, 0.4) is 0 Å². The summed E-state index contributed by atoms with van der Waals surface area (Å²) in [6, 6.07) is 8.85. The van der Waals surface area contributed by atoms with E-state index >= 15 is 0 Å². The molecule has 0 fully saturated rings. The van der Waals surface area contributed by atoms with Gasteiger partial charge >= 0.3 is 6.03 Å². The zero-order valence-corrected chi connectivity index (χ0v) is 13.4. The SMILES string of the molecule is O=C(Nc1ccc([N+](=O)[O-])cc1O)Nc1ccccc1CO[SH](=O)=O. The summed E-state index contributed by atoms with van der Waals surface area (Å²) in [5.74, 6) is -0.468. The zero-order valence-electron chi connectivity index (χ0n) is 12.5. The van der Waals surface area contributed by atoms with Gasteiger partial charge in [0.25, 0.3) is 16.7 Å². The molecule has 0 unspecified atom stereocenters. The highest BCUT2D eigenvalue weighted by molar-refractivity contribution is 7.67. The number of nitrogens with zero attached hydrogens (tertiary/aromatic N) is 1. The van der Waals surface area contributed by atoms with Crippen LogP contribution in [0.1, 0.15) is 5.56 Å². The van der Waals surface area contributed by atoms with Crippen molar-refractivity contribution in [3.63, 3.8) is 0 Å². The van der Waals surface area contributed by atoms with Crippen molar-refractivity contribution in [3.8, 4) is 5.75 Å². The minimum Gasteiger partial charge on any atom is -0.506 e. The van der Waals surface area contributed by atoms with Crippen LogP contribution in [0.4, 0.5) is 21.9 Å². The summed E-state index contributed by atoms with van der Waals surface area (Å²) in [5, 5.41) is 25.1. The number of carbonyl (C=O) groups excluding carboxylic acids is 1. The maximum atomic E-state index is 12.0. The highest BCUT2D eigenvalue weighted by Crippen LogP contribution is 2.28. The molecule has 0 radical (unpaired) electrons. The predicted molar refractivity (Wildman–Crippen MR) is 88.9 cm³/mol. The van der Waals surface area contributed by atoms with Crippen LogP contribution < -0.4 is 10.6 Å². The first-order valence-corrected chi connectivity index (χ1v) is 7.87. The number of nitrogens with one attached hydrogen (secondary N) is 2. The van der Waals surface area contributed by atoms with Gasteiger partial charge in [-0.05, 0) is 12.1 Å². The largest absolute Gasteiger partial charge is 0.506 e. The highest BCUT2D eigenvalue weighted by Gasteiger charge is 2.13. The van der Waals surface area contributed by atoms with E-state index < -0.39 is 27.7 Å². The van der Waals surface area contributed by atoms with Crippen LogP contribution in [-0.4, -0.2) is 24.5 Å². The fraction of sp³-hybridized carbons (Fsp3) is 0.0714. The summed E-state index contributed by atoms with van der Waals surface area (Å²) in [4.78, 5) is 22.0. The number of thiol groups is 1. The lowest BCUT2D eigenvalue weighted by atomic mass is 10.2. The second-order valence-electron chi connectivity index (χ2n) is 4.69. The number of aromatic hydroxyl groups is 1. The molecule has 0 saturated carbocycles. The Kier molecular flexibility index (Phi) is 5.87. The van der Waals surface area contributed by atoms with Gasteiger partial charge in [-0.3, -0.25) is 14.3 Å². The Balaban J connectivity index is 2.09. The van der Waals surface area contributed by atoms with Gasteiger partial charge in [-0.2, -0.15) is 0 Å². The number of nitro benzene ring substituents is 1. The molecule has 10 nitrogen and oxygen atoms in total. The lowest BCUT2D eigenvalue weighted by Crippen LogP contribution is -2.20. The van der Waals surface area contributed by atoms with Crippen molar-refractivity contribution in [3.05, 3.63) is 58.1 Å². The molecule has 0 aliphatic heterocycles. The number of nitro groups is 1. The molecule has 25 heavy (non-hydrogen) atoms. The summed E-state index contributed by atoms with van der Waals surface area (Å²) in [6.07, 6.45) is 0. The Morgan fingerprint density at radius 3 is 2.48 bits per heavy atom. The van der Waals surface area contributed by atoms with E-state index in [4.69, 9.17) is 0 Å². The predicted octanol–water partition coefficient (Wildman–Crippen LogP) is 1.99. The number of phenolic OH excluding ortho intramolecular Hbond substituents is 1. The fourth-order valence-electron chi connectivity index (χ4n) is 1.91. The van der Waals surface area contributed by atoms with Crippen molar-refractivity contribution < 1.29 is 27.4 Å². The minimum absolute atomic E-state index is 0.0283. The minimum atomic E-state index is -3.03. The lowest BCUT2D eigenvalue weighted by Gasteiger charge is -2.12. The topological polar surface area (TPSA) is 148 Å². The summed E-state index contributed by atoms with van der Waals surface area (Å²) in [5.41, 5.74) is 0.375. The Bertz CT molecular complexity index is 874. The van der Waals surface area contributed by atoms with Gasteiger partial charge in [-0.15, -0.1) is 0 Å². The average molecular weight is 367 g/mol. The number of rotatable bonds is 6. The first-order valence-electron chi connectivity index (χ1n) is 6.77. The second-order valence-corrected chi connectivity index (χ2v) is 5.40. The van der Waals surface area contributed by atoms with Crippen LogP contribution >= 0.6 is 0 Å². The van der Waals surface area contributed by atoms with E-state index in [1.807, 2.05) is 0 Å². The first-order chi connectivity index (χ1) is 11.9. The van der Waals surface area contributed by atoms with Crippen LogP contribution in [0, 0.1) is 10.1 Å². The average Bonchev–Trinajstić information content (AvgIpc) is 2.55. The molecule has 2 aromatic rings. The number of urea groups is 1. The number of benzene rings is 2. The smallest absolute Gasteiger partial charge is 0.323 e. The molecule has 0 bridgehead atoms. The van der Waals surface area contributed by atoms with Crippen molar-refractivity contribution >= 4 is 34.1 Å². The number of non-ortho nitro benzene ring substituents is 1. The standard InChI is InChI=1S/C14H13N3O7S/c18-13-7-10(17(20)21)5-6-12(13)16-14(19)15-11-4-2-1-3-9(11)8-24-25(22)23/h1-7,18,25H,8H2,(H2,15,16,19). The summed E-state index contributed by atoms with van der Waals surface area (Å²) < 4.78 is 25.5. The van der Waals surface area contributed by atoms with Crippen molar-refractivity contribution in [1.82, 2.24) is 0 Å². The molecular formula is C14H13N3O7S. The molecule has 0 saturated heterocycles. The maximum absolute atomic E-state index is 12.0. The van der Waals surface area contributed by atoms with E-state index in [2.05, 4.69) is 14.8 Å². The van der Waals surface area contributed by atoms with Crippen LogP contribution in [0.25, 0.3) is 0 Å². The maximum Gasteiger partial charge on any atom is 0.323 e. The lowest BCUT2D eigenvalue weighted by molar-refractivity contribution is -0.384. The molecule has 132 valence electrons. The van der Waals surface area contributed by atoms with Gasteiger partial charge in [0.1, 0.15) is 5.75 Å². The normalized spacial score (nSPS) is 10.4. The number of carbonyl (C=O) groups is 1. The molecular weight excluding hydrogens is 354 g/mol. The number of hydrogen-bond donors (Lipinski definition) is 4. The Morgan fingerprint density at radius 2 is 1.84 bits per heavy atom. The van der Waals surface area contributed by atoms with Gasteiger partial charge < -0.3 is 15.7 Å². The van der Waals surface area contributed by atoms with Crippen molar-refractivity contribution in [2.45, 2.75) is 6.61 Å². The molecule has 0 aromatic heterocycles. The first kappa shape index (κ1) is 18.2. The number of phenols is 1. The van der Waals surface area contributed by atoms with E-state index in [9.17, 15) is 28.4 Å². The van der Waals surface area contributed by atoms with Gasteiger partial charge in [-0.1, -0.05) is 18.2 Å². The molecule has 2 amide bonds. The third kappa shape index (κ3) is 5.16. The number of anilines is 2. The van der Waals surface area contributed by atoms with Crippen LogP contribution in [0.5, 0.6) is 5.75 Å². The van der Waals surface area contributed by atoms with Gasteiger partial charge in [-0.25, -0.2) is 13.2 Å². The highest BCUT2D eigenvalue weighted by atomic mass is 32.2. The number of hydrogen-bond acceptors (Lipinski definition) is 7. The van der Waals surface area contributed by atoms with Gasteiger partial charge in [0, 0.05) is 17.3 Å². The number of amides is 2. The Labute approximate surface area is 143 Å². The molecule has 0 spiro atoms. The molecule has 0 heterocycles. The summed E-state index contributed by atoms with van der Waals surface area (Å²) >= 11 is 0. The summed E-state index contributed by atoms with van der Waals surface area (Å²) in [7, 11) is -3.03. The van der Waals surface area contributed by atoms with Gasteiger partial charge in [0.15, 0.2) is 0 Å². The molecule has 3 N–H and O–H groups in total. The van der Waals surface area contributed by atoms with Crippen molar-refractivity contribution in [1.29, 1.82) is 0 Å². The van der Waals surface area contributed by atoms with Crippen LogP contribution in [0.15, 0.2) is 42.5 Å². The van der Waals surface area contributed by atoms with E-state index in [1.54, 1.807) is 18.2 Å². The Hall–Kier alpha value is -3.18. The van der Waals surface area contributed by atoms with Crippen molar-refractivity contribution in [2.24, 2.45) is 0 Å². The Morgan fingerprint density at radius 1 is 1.16 bits per heavy atom.